The zero-order chi connectivity index (χ0) is 18.4. The standard InChI is InChI=1S/C17H16BrN5O3/c1-25-13-4-2-3-5-14(13)26-9-8-19-17(24)16-12(18)6-7-15(22-16)23-10-20-21-11-23/h2-7,10-11H,8-9H2,1H3,(H,19,24). The van der Waals surface area contributed by atoms with Gasteiger partial charge in [0.1, 0.15) is 30.8 Å². The summed E-state index contributed by atoms with van der Waals surface area (Å²) in [4.78, 5) is 16.7. The third-order valence-corrected chi connectivity index (χ3v) is 4.08. The van der Waals surface area contributed by atoms with Crippen LogP contribution in [0.1, 0.15) is 10.5 Å². The monoisotopic (exact) mass is 417 g/mol. The van der Waals surface area contributed by atoms with Crippen LogP contribution in [0.15, 0.2) is 53.5 Å². The second kappa shape index (κ2) is 8.43. The molecule has 0 bridgehead atoms. The summed E-state index contributed by atoms with van der Waals surface area (Å²) in [5.41, 5.74) is 0.272. The van der Waals surface area contributed by atoms with Gasteiger partial charge in [0.15, 0.2) is 11.5 Å². The van der Waals surface area contributed by atoms with Crippen LogP contribution in [0.4, 0.5) is 0 Å². The van der Waals surface area contributed by atoms with Gasteiger partial charge in [-0.1, -0.05) is 12.1 Å². The van der Waals surface area contributed by atoms with Gasteiger partial charge in [-0.05, 0) is 40.2 Å². The molecule has 9 heteroatoms. The average molecular weight is 418 g/mol. The lowest BCUT2D eigenvalue weighted by Gasteiger charge is -2.11. The molecule has 8 nitrogen and oxygen atoms in total. The van der Waals surface area contributed by atoms with Gasteiger partial charge in [-0.25, -0.2) is 4.98 Å². The van der Waals surface area contributed by atoms with E-state index in [-0.39, 0.29) is 11.6 Å². The fourth-order valence-corrected chi connectivity index (χ4v) is 2.60. The molecule has 0 aliphatic carbocycles. The number of amides is 1. The van der Waals surface area contributed by atoms with Gasteiger partial charge in [-0.15, -0.1) is 10.2 Å². The van der Waals surface area contributed by atoms with Gasteiger partial charge in [0.25, 0.3) is 5.91 Å². The molecular weight excluding hydrogens is 402 g/mol. The molecule has 134 valence electrons. The van der Waals surface area contributed by atoms with E-state index in [9.17, 15) is 4.79 Å². The predicted molar refractivity (Wildman–Crippen MR) is 97.7 cm³/mol. The number of halogens is 1. The Morgan fingerprint density at radius 2 is 1.88 bits per heavy atom. The van der Waals surface area contributed by atoms with Gasteiger partial charge in [-0.3, -0.25) is 9.36 Å². The molecule has 0 saturated heterocycles. The number of nitrogens with one attached hydrogen (secondary N) is 1. The van der Waals surface area contributed by atoms with Crippen LogP contribution < -0.4 is 14.8 Å². The third-order valence-electron chi connectivity index (χ3n) is 3.44. The van der Waals surface area contributed by atoms with Gasteiger partial charge in [0, 0.05) is 4.47 Å². The van der Waals surface area contributed by atoms with Crippen LogP contribution in [0.2, 0.25) is 0 Å². The molecule has 0 radical (unpaired) electrons. The topological polar surface area (TPSA) is 91.2 Å². The zero-order valence-electron chi connectivity index (χ0n) is 13.9. The molecule has 0 spiro atoms. The molecule has 26 heavy (non-hydrogen) atoms. The molecule has 2 aromatic heterocycles. The van der Waals surface area contributed by atoms with Gasteiger partial charge in [-0.2, -0.15) is 0 Å². The average Bonchev–Trinajstić information content (AvgIpc) is 3.20. The molecule has 1 N–H and O–H groups in total. The second-order valence-electron chi connectivity index (χ2n) is 5.12. The van der Waals surface area contributed by atoms with Gasteiger partial charge < -0.3 is 14.8 Å². The Labute approximate surface area is 158 Å². The maximum atomic E-state index is 12.4. The zero-order valence-corrected chi connectivity index (χ0v) is 15.5. The van der Waals surface area contributed by atoms with E-state index in [2.05, 4.69) is 36.4 Å². The number of pyridine rings is 1. The summed E-state index contributed by atoms with van der Waals surface area (Å²) in [5.74, 6) is 1.51. The van der Waals surface area contributed by atoms with Crippen molar-refractivity contribution in [2.45, 2.75) is 0 Å². The highest BCUT2D eigenvalue weighted by Gasteiger charge is 2.13. The van der Waals surface area contributed by atoms with Gasteiger partial charge in [0.2, 0.25) is 0 Å². The second-order valence-corrected chi connectivity index (χ2v) is 5.98. The number of aromatic nitrogens is 4. The van der Waals surface area contributed by atoms with E-state index in [0.717, 1.165) is 0 Å². The van der Waals surface area contributed by atoms with Crippen molar-refractivity contribution >= 4 is 21.8 Å². The van der Waals surface area contributed by atoms with Gasteiger partial charge in [0.05, 0.1) is 13.7 Å². The molecule has 0 aliphatic rings. The van der Waals surface area contributed by atoms with E-state index in [1.54, 1.807) is 29.9 Å². The SMILES string of the molecule is COc1ccccc1OCCNC(=O)c1nc(-n2cnnc2)ccc1Br. The largest absolute Gasteiger partial charge is 0.493 e. The Balaban J connectivity index is 1.59. The van der Waals surface area contributed by atoms with E-state index in [0.29, 0.717) is 34.9 Å². The number of para-hydroxylation sites is 2. The number of rotatable bonds is 7. The Morgan fingerprint density at radius 1 is 1.15 bits per heavy atom. The van der Waals surface area contributed by atoms with E-state index in [1.165, 1.54) is 12.7 Å². The van der Waals surface area contributed by atoms with Crippen molar-refractivity contribution < 1.29 is 14.3 Å². The van der Waals surface area contributed by atoms with Crippen LogP contribution >= 0.6 is 15.9 Å². The number of carbonyl (C=O) groups excluding carboxylic acids is 1. The number of hydrogen-bond acceptors (Lipinski definition) is 6. The Hall–Kier alpha value is -2.94. The van der Waals surface area contributed by atoms with Crippen LogP contribution in [0, 0.1) is 0 Å². The quantitative estimate of drug-likeness (QED) is 0.592. The van der Waals surface area contributed by atoms with E-state index >= 15 is 0 Å². The Bertz CT molecular complexity index is 886. The first-order chi connectivity index (χ1) is 12.7. The lowest BCUT2D eigenvalue weighted by atomic mass is 10.3. The molecule has 0 atom stereocenters. The third kappa shape index (κ3) is 4.17. The highest BCUT2D eigenvalue weighted by Crippen LogP contribution is 2.25. The number of methoxy groups -OCH3 is 1. The number of carbonyl (C=O) groups is 1. The molecular formula is C17H16BrN5O3. The minimum atomic E-state index is -0.310. The minimum absolute atomic E-state index is 0.272. The van der Waals surface area contributed by atoms with Crippen molar-refractivity contribution in [3.63, 3.8) is 0 Å². The van der Waals surface area contributed by atoms with Crippen LogP contribution in [0.5, 0.6) is 11.5 Å². The molecule has 2 heterocycles. The molecule has 0 saturated carbocycles. The molecule has 3 aromatic rings. The first kappa shape index (κ1) is 17.9. The van der Waals surface area contributed by atoms with Crippen molar-refractivity contribution in [1.29, 1.82) is 0 Å². The molecule has 1 aromatic carbocycles. The van der Waals surface area contributed by atoms with Crippen molar-refractivity contribution in [1.82, 2.24) is 25.1 Å². The fraction of sp³-hybridized carbons (Fsp3) is 0.176. The predicted octanol–water partition coefficient (Wildman–Crippen LogP) is 2.24. The highest BCUT2D eigenvalue weighted by atomic mass is 79.9. The first-order valence-electron chi connectivity index (χ1n) is 7.74. The lowest BCUT2D eigenvalue weighted by molar-refractivity contribution is 0.0941. The summed E-state index contributed by atoms with van der Waals surface area (Å²) in [5, 5.41) is 10.2. The maximum absolute atomic E-state index is 12.4. The Morgan fingerprint density at radius 3 is 2.62 bits per heavy atom. The normalized spacial score (nSPS) is 10.4. The van der Waals surface area contributed by atoms with E-state index in [1.807, 2.05) is 18.2 Å². The van der Waals surface area contributed by atoms with E-state index in [4.69, 9.17) is 9.47 Å². The van der Waals surface area contributed by atoms with Crippen LogP contribution in [-0.4, -0.2) is 45.9 Å². The van der Waals surface area contributed by atoms with Crippen LogP contribution in [0.25, 0.3) is 5.82 Å². The number of hydrogen-bond donors (Lipinski definition) is 1. The van der Waals surface area contributed by atoms with Crippen molar-refractivity contribution in [3.8, 4) is 17.3 Å². The summed E-state index contributed by atoms with van der Waals surface area (Å²) < 4.78 is 13.1. The van der Waals surface area contributed by atoms with Gasteiger partial charge >= 0.3 is 0 Å². The summed E-state index contributed by atoms with van der Waals surface area (Å²) in [6, 6.07) is 10.8. The molecule has 0 fully saturated rings. The minimum Gasteiger partial charge on any atom is -0.493 e. The van der Waals surface area contributed by atoms with Crippen molar-refractivity contribution in [2.75, 3.05) is 20.3 Å². The maximum Gasteiger partial charge on any atom is 0.271 e. The summed E-state index contributed by atoms with van der Waals surface area (Å²) >= 11 is 3.35. The van der Waals surface area contributed by atoms with Crippen LogP contribution in [-0.2, 0) is 0 Å². The first-order valence-corrected chi connectivity index (χ1v) is 8.54. The molecule has 0 unspecified atom stereocenters. The Kier molecular flexibility index (Phi) is 5.80. The number of nitrogens with zero attached hydrogens (tertiary/aromatic N) is 4. The van der Waals surface area contributed by atoms with Crippen LogP contribution in [0.3, 0.4) is 0 Å². The number of benzene rings is 1. The van der Waals surface area contributed by atoms with Crippen molar-refractivity contribution in [3.05, 3.63) is 59.2 Å². The number of ether oxygens (including phenoxy) is 2. The molecule has 0 aliphatic heterocycles. The molecule has 3 rings (SSSR count). The smallest absolute Gasteiger partial charge is 0.271 e. The van der Waals surface area contributed by atoms with E-state index < -0.39 is 0 Å². The molecule has 1 amide bonds. The fourth-order valence-electron chi connectivity index (χ4n) is 2.20. The highest BCUT2D eigenvalue weighted by molar-refractivity contribution is 9.10. The van der Waals surface area contributed by atoms with Crippen molar-refractivity contribution in [2.24, 2.45) is 0 Å². The lowest BCUT2D eigenvalue weighted by Crippen LogP contribution is -2.29. The summed E-state index contributed by atoms with van der Waals surface area (Å²) in [7, 11) is 1.58. The summed E-state index contributed by atoms with van der Waals surface area (Å²) in [6.45, 7) is 0.622. The summed E-state index contributed by atoms with van der Waals surface area (Å²) in [6.07, 6.45) is 3.03.